The summed E-state index contributed by atoms with van der Waals surface area (Å²) in [5.41, 5.74) is 4.51. The van der Waals surface area contributed by atoms with Crippen LogP contribution in [0.5, 0.6) is 0 Å². The lowest BCUT2D eigenvalue weighted by Crippen LogP contribution is -2.27. The molecule has 0 aliphatic carbocycles. The summed E-state index contributed by atoms with van der Waals surface area (Å²) in [5.74, 6) is -0.204. The molecule has 4 aromatic rings. The van der Waals surface area contributed by atoms with E-state index in [9.17, 15) is 9.59 Å². The van der Waals surface area contributed by atoms with Gasteiger partial charge in [0.15, 0.2) is 0 Å². The second-order valence-electron chi connectivity index (χ2n) is 7.43. The van der Waals surface area contributed by atoms with Gasteiger partial charge in [-0.3, -0.25) is 14.6 Å². The van der Waals surface area contributed by atoms with Gasteiger partial charge in [0.1, 0.15) is 0 Å². The fourth-order valence-corrected chi connectivity index (χ4v) is 3.44. The molecule has 0 spiro atoms. The van der Waals surface area contributed by atoms with Crippen molar-refractivity contribution < 1.29 is 9.59 Å². The van der Waals surface area contributed by atoms with E-state index >= 15 is 0 Å². The molecule has 5 nitrogen and oxygen atoms in total. The van der Waals surface area contributed by atoms with Crippen LogP contribution in [0.15, 0.2) is 84.9 Å². The largest absolute Gasteiger partial charge is 0.322 e. The number of anilines is 2. The average Bonchev–Trinajstić information content (AvgIpc) is 2.79. The predicted molar refractivity (Wildman–Crippen MR) is 124 cm³/mol. The van der Waals surface area contributed by atoms with E-state index in [4.69, 9.17) is 0 Å². The van der Waals surface area contributed by atoms with E-state index in [0.717, 1.165) is 22.2 Å². The van der Waals surface area contributed by atoms with Gasteiger partial charge in [0.05, 0.1) is 23.2 Å². The third kappa shape index (κ3) is 4.61. The molecule has 0 radical (unpaired) electrons. The Morgan fingerprint density at radius 3 is 2.32 bits per heavy atom. The zero-order chi connectivity index (χ0) is 21.8. The predicted octanol–water partition coefficient (Wildman–Crippen LogP) is 5.00. The standard InChI is InChI=1S/C26H23N3O2/c1-18-23(17-20-8-6-7-11-24(20)27-18)26(31)28-21-14-12-19(13-15-21)16-25(30)29(2)22-9-4-3-5-10-22/h3-15,17H,16H2,1-2H3,(H,28,31). The molecule has 1 aromatic heterocycles. The SMILES string of the molecule is Cc1nc2ccccc2cc1C(=O)Nc1ccc(CC(=O)N(C)c2ccccc2)cc1. The van der Waals surface area contributed by atoms with Crippen LogP contribution in [-0.2, 0) is 11.2 Å². The number of benzene rings is 3. The number of aromatic nitrogens is 1. The highest BCUT2D eigenvalue weighted by Gasteiger charge is 2.14. The number of hydrogen-bond donors (Lipinski definition) is 1. The molecule has 2 amide bonds. The van der Waals surface area contributed by atoms with E-state index in [1.54, 1.807) is 11.9 Å². The van der Waals surface area contributed by atoms with Crippen molar-refractivity contribution in [3.8, 4) is 0 Å². The van der Waals surface area contributed by atoms with Crippen molar-refractivity contribution in [3.05, 3.63) is 102 Å². The first-order chi connectivity index (χ1) is 15.0. The lowest BCUT2D eigenvalue weighted by atomic mass is 10.1. The lowest BCUT2D eigenvalue weighted by Gasteiger charge is -2.17. The summed E-state index contributed by atoms with van der Waals surface area (Å²) in [4.78, 5) is 31.5. The number of carbonyl (C=O) groups excluding carboxylic acids is 2. The van der Waals surface area contributed by atoms with Gasteiger partial charge in [-0.15, -0.1) is 0 Å². The molecule has 0 atom stereocenters. The number of aryl methyl sites for hydroxylation is 1. The van der Waals surface area contributed by atoms with Gasteiger partial charge in [-0.05, 0) is 48.9 Å². The Labute approximate surface area is 181 Å². The first-order valence-electron chi connectivity index (χ1n) is 10.1. The number of nitrogens with zero attached hydrogens (tertiary/aromatic N) is 2. The maximum atomic E-state index is 12.8. The fourth-order valence-electron chi connectivity index (χ4n) is 3.44. The van der Waals surface area contributed by atoms with Crippen molar-refractivity contribution in [2.45, 2.75) is 13.3 Å². The van der Waals surface area contributed by atoms with Gasteiger partial charge in [0.25, 0.3) is 5.91 Å². The molecular formula is C26H23N3O2. The summed E-state index contributed by atoms with van der Waals surface area (Å²) in [6.07, 6.45) is 0.285. The molecule has 0 bridgehead atoms. The topological polar surface area (TPSA) is 62.3 Å². The summed E-state index contributed by atoms with van der Waals surface area (Å²) in [7, 11) is 1.77. The first kappa shape index (κ1) is 20.3. The average molecular weight is 409 g/mol. The zero-order valence-electron chi connectivity index (χ0n) is 17.5. The minimum absolute atomic E-state index is 0.000786. The van der Waals surface area contributed by atoms with Crippen molar-refractivity contribution in [3.63, 3.8) is 0 Å². The molecule has 154 valence electrons. The van der Waals surface area contributed by atoms with Crippen LogP contribution < -0.4 is 10.2 Å². The van der Waals surface area contributed by atoms with Gasteiger partial charge >= 0.3 is 0 Å². The number of nitrogens with one attached hydrogen (secondary N) is 1. The van der Waals surface area contributed by atoms with Crippen LogP contribution in [-0.4, -0.2) is 23.8 Å². The van der Waals surface area contributed by atoms with Gasteiger partial charge in [-0.25, -0.2) is 0 Å². The molecule has 0 aliphatic rings. The Hall–Kier alpha value is -3.99. The number of fused-ring (bicyclic) bond motifs is 1. The maximum absolute atomic E-state index is 12.8. The lowest BCUT2D eigenvalue weighted by molar-refractivity contribution is -0.117. The number of rotatable bonds is 5. The molecule has 31 heavy (non-hydrogen) atoms. The first-order valence-corrected chi connectivity index (χ1v) is 10.1. The molecular weight excluding hydrogens is 386 g/mol. The van der Waals surface area contributed by atoms with Crippen molar-refractivity contribution in [1.29, 1.82) is 0 Å². The number of para-hydroxylation sites is 2. The molecule has 0 unspecified atom stereocenters. The van der Waals surface area contributed by atoms with E-state index in [-0.39, 0.29) is 18.2 Å². The molecule has 4 rings (SSSR count). The van der Waals surface area contributed by atoms with Crippen molar-refractivity contribution in [2.24, 2.45) is 0 Å². The molecule has 1 N–H and O–H groups in total. The zero-order valence-corrected chi connectivity index (χ0v) is 17.5. The minimum atomic E-state index is -0.205. The fraction of sp³-hybridized carbons (Fsp3) is 0.115. The second-order valence-corrected chi connectivity index (χ2v) is 7.43. The number of hydrogen-bond acceptors (Lipinski definition) is 3. The van der Waals surface area contributed by atoms with Crippen molar-refractivity contribution in [2.75, 3.05) is 17.3 Å². The second kappa shape index (κ2) is 8.79. The van der Waals surface area contributed by atoms with Gasteiger partial charge < -0.3 is 10.2 Å². The Balaban J connectivity index is 1.43. The summed E-state index contributed by atoms with van der Waals surface area (Å²) >= 11 is 0. The van der Waals surface area contributed by atoms with Crippen molar-refractivity contribution in [1.82, 2.24) is 4.98 Å². The summed E-state index contributed by atoms with van der Waals surface area (Å²) in [5, 5.41) is 3.84. The third-order valence-electron chi connectivity index (χ3n) is 5.24. The van der Waals surface area contributed by atoms with Gasteiger partial charge in [-0.1, -0.05) is 48.5 Å². The highest BCUT2D eigenvalue weighted by atomic mass is 16.2. The van der Waals surface area contributed by atoms with Gasteiger partial charge in [0, 0.05) is 23.8 Å². The van der Waals surface area contributed by atoms with E-state index in [1.807, 2.05) is 91.9 Å². The smallest absolute Gasteiger partial charge is 0.257 e. The van der Waals surface area contributed by atoms with Crippen LogP contribution >= 0.6 is 0 Å². The van der Waals surface area contributed by atoms with Crippen LogP contribution in [0.3, 0.4) is 0 Å². The maximum Gasteiger partial charge on any atom is 0.257 e. The summed E-state index contributed by atoms with van der Waals surface area (Å²) in [6, 6.07) is 26.5. The van der Waals surface area contributed by atoms with Crippen LogP contribution in [0, 0.1) is 6.92 Å². The van der Waals surface area contributed by atoms with Gasteiger partial charge in [0.2, 0.25) is 5.91 Å². The monoisotopic (exact) mass is 409 g/mol. The van der Waals surface area contributed by atoms with E-state index in [0.29, 0.717) is 16.9 Å². The Morgan fingerprint density at radius 1 is 0.903 bits per heavy atom. The van der Waals surface area contributed by atoms with Crippen LogP contribution in [0.1, 0.15) is 21.6 Å². The molecule has 5 heteroatoms. The van der Waals surface area contributed by atoms with Crippen LogP contribution in [0.25, 0.3) is 10.9 Å². The van der Waals surface area contributed by atoms with Crippen molar-refractivity contribution >= 4 is 34.1 Å². The number of carbonyl (C=O) groups is 2. The third-order valence-corrected chi connectivity index (χ3v) is 5.24. The Morgan fingerprint density at radius 2 is 1.58 bits per heavy atom. The number of likely N-dealkylation sites (N-methyl/N-ethyl adjacent to an activating group) is 1. The van der Waals surface area contributed by atoms with Crippen LogP contribution in [0.2, 0.25) is 0 Å². The van der Waals surface area contributed by atoms with E-state index in [2.05, 4.69) is 10.3 Å². The Bertz CT molecular complexity index is 1230. The number of amides is 2. The highest BCUT2D eigenvalue weighted by molar-refractivity contribution is 6.06. The molecule has 0 saturated carbocycles. The Kier molecular flexibility index (Phi) is 5.76. The van der Waals surface area contributed by atoms with Gasteiger partial charge in [-0.2, -0.15) is 0 Å². The molecule has 0 saturated heterocycles. The minimum Gasteiger partial charge on any atom is -0.322 e. The van der Waals surface area contributed by atoms with E-state index in [1.165, 1.54) is 0 Å². The molecule has 3 aromatic carbocycles. The highest BCUT2D eigenvalue weighted by Crippen LogP contribution is 2.19. The molecule has 0 fully saturated rings. The summed E-state index contributed by atoms with van der Waals surface area (Å²) in [6.45, 7) is 1.83. The molecule has 1 heterocycles. The quantitative estimate of drug-likeness (QED) is 0.504. The normalized spacial score (nSPS) is 10.6. The number of pyridine rings is 1. The molecule has 0 aliphatic heterocycles. The van der Waals surface area contributed by atoms with Crippen LogP contribution in [0.4, 0.5) is 11.4 Å². The summed E-state index contributed by atoms with van der Waals surface area (Å²) < 4.78 is 0. The van der Waals surface area contributed by atoms with E-state index < -0.39 is 0 Å².